The second-order valence-corrected chi connectivity index (χ2v) is 4.79. The highest BCUT2D eigenvalue weighted by molar-refractivity contribution is 7.87. The summed E-state index contributed by atoms with van der Waals surface area (Å²) in [6.45, 7) is -0.282. The molecule has 1 amide bonds. The van der Waals surface area contributed by atoms with Crippen LogP contribution in [0.2, 0.25) is 0 Å². The van der Waals surface area contributed by atoms with Crippen LogP contribution in [0.15, 0.2) is 0 Å². The fourth-order valence-corrected chi connectivity index (χ4v) is 1.85. The summed E-state index contributed by atoms with van der Waals surface area (Å²) in [5, 5.41) is 7.40. The molecule has 0 heterocycles. The lowest BCUT2D eigenvalue weighted by Crippen LogP contribution is -2.42. The molecule has 4 N–H and O–H groups in total. The van der Waals surface area contributed by atoms with Crippen molar-refractivity contribution in [2.75, 3.05) is 6.54 Å². The summed E-state index contributed by atoms with van der Waals surface area (Å²) in [5.41, 5.74) is 0. The number of nitrogens with one attached hydrogen (secondary N) is 2. The van der Waals surface area contributed by atoms with Gasteiger partial charge in [-0.15, -0.1) is 0 Å². The Morgan fingerprint density at radius 3 is 2.43 bits per heavy atom. The number of hydrogen-bond donors (Lipinski definition) is 3. The van der Waals surface area contributed by atoms with Crippen molar-refractivity contribution < 1.29 is 13.2 Å². The van der Waals surface area contributed by atoms with Gasteiger partial charge in [0, 0.05) is 6.04 Å². The van der Waals surface area contributed by atoms with Crippen LogP contribution in [0.25, 0.3) is 0 Å². The average Bonchev–Trinajstić information content (AvgIpc) is 2.52. The first-order chi connectivity index (χ1) is 6.47. The first-order valence-electron chi connectivity index (χ1n) is 4.54. The molecule has 1 saturated carbocycles. The molecule has 0 unspecified atom stereocenters. The molecule has 0 aliphatic heterocycles. The third-order valence-corrected chi connectivity index (χ3v) is 2.70. The van der Waals surface area contributed by atoms with Gasteiger partial charge in [-0.3, -0.25) is 4.79 Å². The molecule has 1 fully saturated rings. The molecule has 0 aromatic carbocycles. The van der Waals surface area contributed by atoms with E-state index in [-0.39, 0.29) is 18.5 Å². The van der Waals surface area contributed by atoms with E-state index in [1.54, 1.807) is 0 Å². The molecule has 6 nitrogen and oxygen atoms in total. The molecule has 7 heteroatoms. The topological polar surface area (TPSA) is 101 Å². The third-order valence-electron chi connectivity index (χ3n) is 2.15. The van der Waals surface area contributed by atoms with Crippen molar-refractivity contribution in [2.45, 2.75) is 31.7 Å². The maximum atomic E-state index is 11.2. The predicted molar refractivity (Wildman–Crippen MR) is 51.5 cm³/mol. The monoisotopic (exact) mass is 221 g/mol. The highest BCUT2D eigenvalue weighted by Gasteiger charge is 2.17. The summed E-state index contributed by atoms with van der Waals surface area (Å²) < 4.78 is 22.9. The van der Waals surface area contributed by atoms with Crippen LogP contribution in [-0.2, 0) is 15.0 Å². The minimum absolute atomic E-state index is 0.199. The molecule has 0 aromatic heterocycles. The van der Waals surface area contributed by atoms with Gasteiger partial charge in [-0.2, -0.15) is 13.1 Å². The molecule has 0 radical (unpaired) electrons. The Morgan fingerprint density at radius 2 is 1.93 bits per heavy atom. The highest BCUT2D eigenvalue weighted by Crippen LogP contribution is 2.17. The van der Waals surface area contributed by atoms with Crippen LogP contribution in [0.3, 0.4) is 0 Å². The van der Waals surface area contributed by atoms with Crippen LogP contribution >= 0.6 is 0 Å². The molecule has 0 atom stereocenters. The van der Waals surface area contributed by atoms with Gasteiger partial charge in [-0.1, -0.05) is 12.8 Å². The zero-order chi connectivity index (χ0) is 10.6. The Balaban J connectivity index is 2.22. The number of nitrogens with two attached hydrogens (primary N) is 1. The molecule has 0 saturated heterocycles. The molecule has 0 bridgehead atoms. The summed E-state index contributed by atoms with van der Waals surface area (Å²) in [5.74, 6) is -0.328. The predicted octanol–water partition coefficient (Wildman–Crippen LogP) is -1.16. The SMILES string of the molecule is NS(=O)(=O)NCC(=O)NC1CCCC1. The second-order valence-electron chi connectivity index (χ2n) is 3.42. The first-order valence-corrected chi connectivity index (χ1v) is 6.09. The highest BCUT2D eigenvalue weighted by atomic mass is 32.2. The van der Waals surface area contributed by atoms with Crippen LogP contribution in [0, 0.1) is 0 Å². The van der Waals surface area contributed by atoms with E-state index in [1.165, 1.54) is 0 Å². The Hall–Kier alpha value is -0.660. The van der Waals surface area contributed by atoms with Gasteiger partial charge < -0.3 is 5.32 Å². The van der Waals surface area contributed by atoms with E-state index in [2.05, 4.69) is 10.5 Å². The van der Waals surface area contributed by atoms with Crippen molar-refractivity contribution in [3.8, 4) is 0 Å². The molecule has 82 valence electrons. The van der Waals surface area contributed by atoms with Gasteiger partial charge in [0.15, 0.2) is 0 Å². The van der Waals surface area contributed by atoms with Crippen LogP contribution in [-0.4, -0.2) is 26.9 Å². The lowest BCUT2D eigenvalue weighted by molar-refractivity contribution is -0.120. The van der Waals surface area contributed by atoms with E-state index in [1.807, 2.05) is 4.72 Å². The molecule has 0 aromatic rings. The third kappa shape index (κ3) is 4.54. The van der Waals surface area contributed by atoms with Gasteiger partial charge in [0.05, 0.1) is 6.54 Å². The summed E-state index contributed by atoms with van der Waals surface area (Å²) in [6, 6.07) is 0.199. The van der Waals surface area contributed by atoms with E-state index in [4.69, 9.17) is 0 Å². The minimum atomic E-state index is -3.76. The van der Waals surface area contributed by atoms with Crippen LogP contribution < -0.4 is 15.2 Å². The minimum Gasteiger partial charge on any atom is -0.352 e. The summed E-state index contributed by atoms with van der Waals surface area (Å²) in [7, 11) is -3.76. The summed E-state index contributed by atoms with van der Waals surface area (Å²) in [6.07, 6.45) is 4.18. The van der Waals surface area contributed by atoms with E-state index >= 15 is 0 Å². The lowest BCUT2D eigenvalue weighted by Gasteiger charge is -2.11. The van der Waals surface area contributed by atoms with Gasteiger partial charge >= 0.3 is 0 Å². The summed E-state index contributed by atoms with van der Waals surface area (Å²) >= 11 is 0. The number of carbonyl (C=O) groups is 1. The van der Waals surface area contributed by atoms with E-state index in [0.29, 0.717) is 0 Å². The molecule has 1 rings (SSSR count). The van der Waals surface area contributed by atoms with Crippen LogP contribution in [0.1, 0.15) is 25.7 Å². The Morgan fingerprint density at radius 1 is 1.36 bits per heavy atom. The fraction of sp³-hybridized carbons (Fsp3) is 0.857. The second kappa shape index (κ2) is 4.72. The van der Waals surface area contributed by atoms with Crippen molar-refractivity contribution in [2.24, 2.45) is 5.14 Å². The quantitative estimate of drug-likeness (QED) is 0.558. The van der Waals surface area contributed by atoms with Gasteiger partial charge in [0.2, 0.25) is 5.91 Å². The summed E-state index contributed by atoms with van der Waals surface area (Å²) in [4.78, 5) is 11.2. The zero-order valence-electron chi connectivity index (χ0n) is 7.82. The molecule has 1 aliphatic rings. The van der Waals surface area contributed by atoms with E-state index in [9.17, 15) is 13.2 Å². The molecule has 1 aliphatic carbocycles. The number of hydrogen-bond acceptors (Lipinski definition) is 3. The molecular formula is C7H15N3O3S. The number of carbonyl (C=O) groups excluding carboxylic acids is 1. The maximum Gasteiger partial charge on any atom is 0.274 e. The molecule has 0 spiro atoms. The van der Waals surface area contributed by atoms with Crippen molar-refractivity contribution in [3.63, 3.8) is 0 Å². The normalized spacial score (nSPS) is 18.4. The number of amides is 1. The van der Waals surface area contributed by atoms with Crippen LogP contribution in [0.5, 0.6) is 0 Å². The Bertz CT molecular complexity index is 295. The molecular weight excluding hydrogens is 206 g/mol. The van der Waals surface area contributed by atoms with E-state index < -0.39 is 10.2 Å². The van der Waals surface area contributed by atoms with Crippen molar-refractivity contribution in [1.29, 1.82) is 0 Å². The Kier molecular flexibility index (Phi) is 3.85. The first kappa shape index (κ1) is 11.4. The zero-order valence-corrected chi connectivity index (χ0v) is 8.64. The Labute approximate surface area is 83.4 Å². The van der Waals surface area contributed by atoms with E-state index in [0.717, 1.165) is 25.7 Å². The number of rotatable bonds is 4. The lowest BCUT2D eigenvalue weighted by atomic mass is 10.2. The van der Waals surface area contributed by atoms with Crippen molar-refractivity contribution >= 4 is 16.1 Å². The standard InChI is InChI=1S/C7H15N3O3S/c8-14(12,13)9-5-7(11)10-6-3-1-2-4-6/h6,9H,1-5H2,(H,10,11)(H2,8,12,13). The van der Waals surface area contributed by atoms with Gasteiger partial charge in [-0.05, 0) is 12.8 Å². The average molecular weight is 221 g/mol. The van der Waals surface area contributed by atoms with Crippen LogP contribution in [0.4, 0.5) is 0 Å². The van der Waals surface area contributed by atoms with Gasteiger partial charge in [0.25, 0.3) is 10.2 Å². The van der Waals surface area contributed by atoms with Gasteiger partial charge in [-0.25, -0.2) is 5.14 Å². The maximum absolute atomic E-state index is 11.2. The largest absolute Gasteiger partial charge is 0.352 e. The fourth-order valence-electron chi connectivity index (χ4n) is 1.51. The van der Waals surface area contributed by atoms with Crippen molar-refractivity contribution in [1.82, 2.24) is 10.0 Å². The smallest absolute Gasteiger partial charge is 0.274 e. The van der Waals surface area contributed by atoms with Crippen molar-refractivity contribution in [3.05, 3.63) is 0 Å². The van der Waals surface area contributed by atoms with Gasteiger partial charge in [0.1, 0.15) is 0 Å². The molecule has 14 heavy (non-hydrogen) atoms.